The number of rotatable bonds is 6. The summed E-state index contributed by atoms with van der Waals surface area (Å²) in [5.41, 5.74) is 3.19. The molecule has 7 nitrogen and oxygen atoms in total. The van der Waals surface area contributed by atoms with Crippen molar-refractivity contribution in [3.63, 3.8) is 0 Å². The van der Waals surface area contributed by atoms with Gasteiger partial charge in [0.2, 0.25) is 0 Å². The minimum absolute atomic E-state index is 0.00469. The van der Waals surface area contributed by atoms with E-state index in [1.807, 2.05) is 18.2 Å². The number of aromatic hydroxyl groups is 1. The van der Waals surface area contributed by atoms with E-state index in [4.69, 9.17) is 9.47 Å². The third-order valence-corrected chi connectivity index (χ3v) is 18.4. The zero-order chi connectivity index (χ0) is 40.5. The molecule has 8 aliphatic carbocycles. The summed E-state index contributed by atoms with van der Waals surface area (Å²) in [6.45, 7) is 12.3. The lowest BCUT2D eigenvalue weighted by Crippen LogP contribution is -2.59. The zero-order valence-corrected chi connectivity index (χ0v) is 35.8. The molecule has 0 amide bonds. The number of esters is 2. The summed E-state index contributed by atoms with van der Waals surface area (Å²) >= 11 is 0. The van der Waals surface area contributed by atoms with Crippen LogP contribution in [-0.2, 0) is 35.1 Å². The number of aryl methyl sites for hydroxylation is 1. The first-order chi connectivity index (χ1) is 27.1. The van der Waals surface area contributed by atoms with Crippen LogP contribution in [0.2, 0.25) is 0 Å². The predicted octanol–water partition coefficient (Wildman–Crippen LogP) is 10.8. The monoisotopic (exact) mass is 783 g/mol. The number of ketones is 2. The van der Waals surface area contributed by atoms with E-state index in [9.17, 15) is 24.3 Å². The van der Waals surface area contributed by atoms with Gasteiger partial charge >= 0.3 is 11.9 Å². The van der Waals surface area contributed by atoms with Crippen molar-refractivity contribution in [2.24, 2.45) is 57.7 Å². The van der Waals surface area contributed by atoms with Gasteiger partial charge in [-0.1, -0.05) is 65.0 Å². The van der Waals surface area contributed by atoms with Gasteiger partial charge < -0.3 is 14.6 Å². The van der Waals surface area contributed by atoms with E-state index in [1.165, 1.54) is 68.6 Å². The topological polar surface area (TPSA) is 107 Å². The maximum Gasteiger partial charge on any atom is 0.306 e. The minimum Gasteiger partial charge on any atom is -0.508 e. The summed E-state index contributed by atoms with van der Waals surface area (Å²) in [6, 6.07) is 6.00. The second kappa shape index (κ2) is 15.3. The van der Waals surface area contributed by atoms with Gasteiger partial charge in [-0.25, -0.2) is 0 Å². The van der Waals surface area contributed by atoms with Crippen LogP contribution in [0.15, 0.2) is 29.8 Å². The van der Waals surface area contributed by atoms with E-state index in [-0.39, 0.29) is 45.9 Å². The third-order valence-electron chi connectivity index (χ3n) is 18.4. The molecule has 0 aliphatic heterocycles. The fourth-order valence-corrected chi connectivity index (χ4v) is 15.6. The highest BCUT2D eigenvalue weighted by molar-refractivity contribution is 5.92. The lowest BCUT2D eigenvalue weighted by Gasteiger charge is -2.60. The van der Waals surface area contributed by atoms with Gasteiger partial charge in [0.15, 0.2) is 17.2 Å². The number of allylic oxidation sites excluding steroid dienone is 1. The van der Waals surface area contributed by atoms with Crippen molar-refractivity contribution in [1.29, 1.82) is 0 Å². The average Bonchev–Trinajstić information content (AvgIpc) is 3.88. The highest BCUT2D eigenvalue weighted by Crippen LogP contribution is 2.69. The molecular weight excluding hydrogens is 713 g/mol. The largest absolute Gasteiger partial charge is 0.508 e. The van der Waals surface area contributed by atoms with Gasteiger partial charge in [-0.15, -0.1) is 0 Å². The normalized spacial score (nSPS) is 41.8. The van der Waals surface area contributed by atoms with Crippen LogP contribution in [0.4, 0.5) is 0 Å². The minimum atomic E-state index is -0.961. The van der Waals surface area contributed by atoms with Crippen molar-refractivity contribution in [2.75, 3.05) is 0 Å². The maximum absolute atomic E-state index is 12.8. The van der Waals surface area contributed by atoms with Gasteiger partial charge in [0.25, 0.3) is 0 Å². The van der Waals surface area contributed by atoms with Gasteiger partial charge in [-0.2, -0.15) is 0 Å². The molecule has 8 aliphatic rings. The Labute approximate surface area is 341 Å². The number of benzene rings is 1. The van der Waals surface area contributed by atoms with Crippen molar-refractivity contribution < 1.29 is 33.8 Å². The van der Waals surface area contributed by atoms with E-state index in [0.717, 1.165) is 63.7 Å². The van der Waals surface area contributed by atoms with E-state index >= 15 is 0 Å². The Morgan fingerprint density at radius 2 is 1.58 bits per heavy atom. The first kappa shape index (κ1) is 40.8. The highest BCUT2D eigenvalue weighted by Gasteiger charge is 2.68. The Bertz CT molecular complexity index is 1790. The van der Waals surface area contributed by atoms with Crippen molar-refractivity contribution in [3.05, 3.63) is 41.0 Å². The molecule has 7 heteroatoms. The number of hydrogen-bond acceptors (Lipinski definition) is 7. The Balaban J connectivity index is 0.000000160. The van der Waals surface area contributed by atoms with Gasteiger partial charge in [0, 0.05) is 30.6 Å². The quantitative estimate of drug-likeness (QED) is 0.286. The lowest BCUT2D eigenvalue weighted by molar-refractivity contribution is -0.187. The Kier molecular flexibility index (Phi) is 10.9. The number of Topliss-reactive ketones (excluding diaryl/α,β-unsaturated/α-hetero) is 1. The van der Waals surface area contributed by atoms with Crippen LogP contribution >= 0.6 is 0 Å². The SMILES string of the molecule is CC(=O)O[C@]1(C(C)=O)CC[C@H]2[C@@H]3C[C@H](C)C4=CC(=O)CC[C@]4(C)[C@H]3CC[C@@]21C.C[C@]12CC[C@@H]3c4ccc(O)cc4CC[C@H]3[C@@H]1CC[C@@H]2OC(=O)CCC1CCCC1. The van der Waals surface area contributed by atoms with Crippen molar-refractivity contribution in [1.82, 2.24) is 0 Å². The number of carbonyl (C=O) groups excluding carboxylic acids is 4. The molecule has 0 saturated heterocycles. The number of phenolic OH excluding ortho intramolecular Hbond substituents is 1. The summed E-state index contributed by atoms with van der Waals surface area (Å²) in [7, 11) is 0. The first-order valence-corrected chi connectivity index (χ1v) is 23.1. The molecule has 1 N–H and O–H groups in total. The van der Waals surface area contributed by atoms with Gasteiger partial charge in [0.1, 0.15) is 11.9 Å². The molecule has 6 saturated carbocycles. The van der Waals surface area contributed by atoms with Crippen LogP contribution in [0.5, 0.6) is 5.75 Å². The van der Waals surface area contributed by atoms with Crippen LogP contribution in [-0.4, -0.2) is 40.3 Å². The summed E-state index contributed by atoms with van der Waals surface area (Å²) in [6.07, 6.45) is 22.1. The van der Waals surface area contributed by atoms with Crippen LogP contribution in [0.3, 0.4) is 0 Å². The second-order valence-electron chi connectivity index (χ2n) is 21.1. The first-order valence-electron chi connectivity index (χ1n) is 23.1. The predicted molar refractivity (Wildman–Crippen MR) is 220 cm³/mol. The third kappa shape index (κ3) is 6.85. The van der Waals surface area contributed by atoms with Crippen LogP contribution < -0.4 is 0 Å². The molecule has 312 valence electrons. The molecule has 1 aromatic carbocycles. The summed E-state index contributed by atoms with van der Waals surface area (Å²) in [4.78, 5) is 49.4. The van der Waals surface area contributed by atoms with E-state index in [0.29, 0.717) is 66.4 Å². The van der Waals surface area contributed by atoms with Crippen molar-refractivity contribution >= 4 is 23.5 Å². The maximum atomic E-state index is 12.8. The van der Waals surface area contributed by atoms with Gasteiger partial charge in [-0.3, -0.25) is 19.2 Å². The average molecular weight is 783 g/mol. The Morgan fingerprint density at radius 1 is 0.825 bits per heavy atom. The Hall–Kier alpha value is -2.96. The van der Waals surface area contributed by atoms with Crippen molar-refractivity contribution in [3.8, 4) is 5.75 Å². The molecule has 9 rings (SSSR count). The number of ether oxygens (including phenoxy) is 2. The molecule has 12 atom stereocenters. The molecule has 57 heavy (non-hydrogen) atoms. The zero-order valence-electron chi connectivity index (χ0n) is 35.8. The lowest BCUT2D eigenvalue weighted by atomic mass is 9.44. The van der Waals surface area contributed by atoms with Crippen molar-refractivity contribution in [2.45, 2.75) is 181 Å². The number of phenols is 1. The summed E-state index contributed by atoms with van der Waals surface area (Å²) in [5, 5.41) is 9.86. The molecule has 1 aromatic rings. The van der Waals surface area contributed by atoms with Gasteiger partial charge in [-0.05, 0) is 172 Å². The van der Waals surface area contributed by atoms with E-state index in [2.05, 4.69) is 33.8 Å². The fraction of sp³-hybridized carbons (Fsp3) is 0.760. The number of fused-ring (bicyclic) bond motifs is 10. The molecule has 0 bridgehead atoms. The summed E-state index contributed by atoms with van der Waals surface area (Å²) in [5.74, 6) is 5.01. The number of carbonyl (C=O) groups is 4. The molecule has 0 aromatic heterocycles. The standard InChI is InChI=1S/C26H36O3.C24H34O4/c1-26-15-14-21-20-10-8-19(27)16-18(20)7-9-22(21)23(26)11-12-24(26)29-25(28)13-6-17-4-2-3-5-17;1-14-12-18-19(22(4)9-6-17(27)13-21(14)22)7-10-23(5)20(18)8-11-24(23,15(2)25)28-16(3)26/h8,10,16-17,21-24,27H,2-7,9,11-15H2,1H3;13-14,18-20H,6-12H2,1-5H3/t21-,22-,23+,24+,26+;14-,18+,19-,20-,22+,23-,24-/m10/s1. The van der Waals surface area contributed by atoms with E-state index < -0.39 is 5.60 Å². The van der Waals surface area contributed by atoms with Crippen LogP contribution in [0, 0.1) is 57.7 Å². The second-order valence-corrected chi connectivity index (χ2v) is 21.1. The highest BCUT2D eigenvalue weighted by atomic mass is 16.6. The molecule has 0 spiro atoms. The van der Waals surface area contributed by atoms with Gasteiger partial charge in [0.05, 0.1) is 0 Å². The van der Waals surface area contributed by atoms with Crippen LogP contribution in [0.25, 0.3) is 0 Å². The molecule has 0 unspecified atom stereocenters. The summed E-state index contributed by atoms with van der Waals surface area (Å²) < 4.78 is 12.0. The Morgan fingerprint density at radius 3 is 2.32 bits per heavy atom. The van der Waals surface area contributed by atoms with E-state index in [1.54, 1.807) is 6.92 Å². The fourth-order valence-electron chi connectivity index (χ4n) is 15.6. The van der Waals surface area contributed by atoms with Crippen LogP contribution in [0.1, 0.15) is 174 Å². The molecule has 0 radical (unpaired) electrons. The smallest absolute Gasteiger partial charge is 0.306 e. The molecule has 0 heterocycles. The molecule has 6 fully saturated rings. The molecular formula is C50H70O7. The number of hydrogen-bond donors (Lipinski definition) is 1.